The first-order valence-electron chi connectivity index (χ1n) is 20.7. The lowest BCUT2D eigenvalue weighted by Crippen LogP contribution is -2.56. The molecular formula is C44H53N9O6S. The predicted octanol–water partition coefficient (Wildman–Crippen LogP) is 7.31. The van der Waals surface area contributed by atoms with Gasteiger partial charge in [0, 0.05) is 24.2 Å². The minimum absolute atomic E-state index is 0.113. The van der Waals surface area contributed by atoms with Crippen molar-refractivity contribution < 1.29 is 28.7 Å². The summed E-state index contributed by atoms with van der Waals surface area (Å²) in [6.45, 7) is 10.9. The van der Waals surface area contributed by atoms with Crippen LogP contribution in [0.1, 0.15) is 82.5 Å². The molecule has 5 atom stereocenters. The normalized spacial score (nSPS) is 20.9. The van der Waals surface area contributed by atoms with E-state index in [-0.39, 0.29) is 29.7 Å². The minimum atomic E-state index is -0.705. The van der Waals surface area contributed by atoms with E-state index in [4.69, 9.17) is 24.4 Å². The number of nitrogens with zero attached hydrogens (tertiary/aromatic N) is 5. The van der Waals surface area contributed by atoms with Gasteiger partial charge in [0.2, 0.25) is 11.8 Å². The number of fused-ring (bicyclic) bond motifs is 3. The second kappa shape index (κ2) is 16.4. The average molecular weight is 836 g/mol. The number of alkyl carbamates (subject to hydrolysis) is 2. The highest BCUT2D eigenvalue weighted by atomic mass is 32.1. The van der Waals surface area contributed by atoms with Gasteiger partial charge in [-0.25, -0.2) is 24.5 Å². The van der Waals surface area contributed by atoms with Gasteiger partial charge >= 0.3 is 12.2 Å². The molecule has 1 saturated carbocycles. The first-order chi connectivity index (χ1) is 28.8. The van der Waals surface area contributed by atoms with E-state index in [1.165, 1.54) is 14.2 Å². The number of benzene rings is 2. The summed E-state index contributed by atoms with van der Waals surface area (Å²) in [4.78, 5) is 77.4. The molecule has 1 aliphatic carbocycles. The summed E-state index contributed by atoms with van der Waals surface area (Å²) in [5, 5.41) is 6.42. The third kappa shape index (κ3) is 7.39. The molecule has 3 aliphatic rings. The summed E-state index contributed by atoms with van der Waals surface area (Å²) < 4.78 is 10.7. The Kier molecular flexibility index (Phi) is 11.2. The van der Waals surface area contributed by atoms with Crippen molar-refractivity contribution in [2.75, 3.05) is 27.3 Å². The van der Waals surface area contributed by atoms with Crippen LogP contribution in [0.5, 0.6) is 0 Å². The topological polar surface area (TPSA) is 188 Å². The van der Waals surface area contributed by atoms with Gasteiger partial charge in [0.25, 0.3) is 0 Å². The molecule has 316 valence electrons. The van der Waals surface area contributed by atoms with Crippen molar-refractivity contribution in [3.05, 3.63) is 65.4 Å². The van der Waals surface area contributed by atoms with E-state index in [1.807, 2.05) is 50.6 Å². The highest BCUT2D eigenvalue weighted by molar-refractivity contribution is 7.19. The van der Waals surface area contributed by atoms with Crippen molar-refractivity contribution in [1.82, 2.24) is 45.4 Å². The van der Waals surface area contributed by atoms with Crippen molar-refractivity contribution in [3.63, 3.8) is 0 Å². The van der Waals surface area contributed by atoms with Crippen molar-refractivity contribution in [2.24, 2.45) is 17.8 Å². The summed E-state index contributed by atoms with van der Waals surface area (Å²) >= 11 is 1.64. The van der Waals surface area contributed by atoms with E-state index < -0.39 is 29.8 Å². The van der Waals surface area contributed by atoms with Crippen LogP contribution in [-0.4, -0.2) is 98.1 Å². The summed E-state index contributed by atoms with van der Waals surface area (Å²) in [5.74, 6) is 1.37. The van der Waals surface area contributed by atoms with E-state index >= 15 is 0 Å². The number of piperidine rings is 1. The summed E-state index contributed by atoms with van der Waals surface area (Å²) in [7, 11) is 2.60. The number of aryl methyl sites for hydroxylation is 1. The summed E-state index contributed by atoms with van der Waals surface area (Å²) in [6, 6.07) is 10.9. The van der Waals surface area contributed by atoms with E-state index in [2.05, 4.69) is 57.0 Å². The Balaban J connectivity index is 1.02. The fraction of sp³-hybridized carbons (Fsp3) is 0.477. The molecule has 2 unspecified atom stereocenters. The summed E-state index contributed by atoms with van der Waals surface area (Å²) in [5.41, 5.74) is 6.03. The van der Waals surface area contributed by atoms with Crippen molar-refractivity contribution in [2.45, 2.75) is 90.4 Å². The molecule has 2 bridgehead atoms. The Labute approximate surface area is 353 Å². The number of methoxy groups -OCH3 is 2. The number of carbonyl (C=O) groups excluding carboxylic acids is 4. The zero-order chi connectivity index (χ0) is 42.5. The lowest BCUT2D eigenvalue weighted by molar-refractivity contribution is -0.140. The Morgan fingerprint density at radius 1 is 0.833 bits per heavy atom. The first-order valence-corrected chi connectivity index (χ1v) is 21.6. The highest BCUT2D eigenvalue weighted by Gasteiger charge is 2.56. The van der Waals surface area contributed by atoms with Crippen LogP contribution in [0.15, 0.2) is 48.8 Å². The number of likely N-dealkylation sites (tertiary alicyclic amines) is 2. The Hall–Kier alpha value is -5.77. The van der Waals surface area contributed by atoms with Crippen LogP contribution in [0.25, 0.3) is 43.9 Å². The van der Waals surface area contributed by atoms with Crippen LogP contribution in [0.2, 0.25) is 0 Å². The predicted molar refractivity (Wildman–Crippen MR) is 228 cm³/mol. The number of hydrogen-bond donors (Lipinski definition) is 4. The number of carbonyl (C=O) groups is 4. The Bertz CT molecular complexity index is 2420. The second-order valence-electron chi connectivity index (χ2n) is 17.0. The molecule has 5 heterocycles. The maximum absolute atomic E-state index is 14.1. The minimum Gasteiger partial charge on any atom is -0.453 e. The van der Waals surface area contributed by atoms with E-state index in [1.54, 1.807) is 17.5 Å². The molecule has 15 nitrogen and oxygen atoms in total. The van der Waals surface area contributed by atoms with Crippen LogP contribution in [-0.2, 0) is 24.6 Å². The quantitative estimate of drug-likeness (QED) is 0.106. The molecule has 2 saturated heterocycles. The number of hydrogen-bond acceptors (Lipinski definition) is 10. The van der Waals surface area contributed by atoms with Crippen LogP contribution in [0.3, 0.4) is 0 Å². The summed E-state index contributed by atoms with van der Waals surface area (Å²) in [6.07, 6.45) is 6.68. The molecule has 0 radical (unpaired) electrons. The first kappa shape index (κ1) is 41.0. The maximum Gasteiger partial charge on any atom is 0.407 e. The van der Waals surface area contributed by atoms with Crippen molar-refractivity contribution in [1.29, 1.82) is 0 Å². The fourth-order valence-electron chi connectivity index (χ4n) is 9.40. The SMILES string of the molecule is COC(=O)N[C@H](C(=O)N1CC2CCC1(c1ncc(-c3ccc(-c4ccc(-c5cnc([C@@H]6CCCN6C(=O)[C@H](NC(=O)OC)C(C)C)[nH]5)cc4)c4nc(C)sc34)[nH]1)C2)C(C)C. The molecule has 16 heteroatoms. The van der Waals surface area contributed by atoms with E-state index in [9.17, 15) is 19.2 Å². The largest absolute Gasteiger partial charge is 0.453 e. The van der Waals surface area contributed by atoms with Gasteiger partial charge in [0.05, 0.1) is 59.3 Å². The average Bonchev–Trinajstić information content (AvgIpc) is 4.10. The molecule has 3 aromatic heterocycles. The molecule has 2 aliphatic heterocycles. The number of aromatic nitrogens is 5. The standard InChI is InChI=1S/C44H53N9O6S/c1-23(2)34(50-42(56)58-6)39(54)52-18-8-9-33(52)38-45-20-31(48-38)28-12-10-27(11-13-28)29-14-15-30(37-36(29)47-25(5)60-37)32-21-46-41(49-32)44-17-16-26(19-44)22-53(44)40(55)35(24(3)4)51-43(57)59-7/h10-15,20-21,23-24,26,33-35H,8-9,16-19,22H2,1-7H3,(H,45,48)(H,46,49)(H,50,56)(H,51,57)/t26?,33-,34+,35-,44?/m0/s1. The van der Waals surface area contributed by atoms with Crippen LogP contribution in [0, 0.1) is 24.7 Å². The van der Waals surface area contributed by atoms with Gasteiger partial charge in [-0.15, -0.1) is 11.3 Å². The molecule has 2 aromatic carbocycles. The van der Waals surface area contributed by atoms with Crippen LogP contribution >= 0.6 is 11.3 Å². The van der Waals surface area contributed by atoms with E-state index in [0.29, 0.717) is 24.8 Å². The highest BCUT2D eigenvalue weighted by Crippen LogP contribution is 2.53. The van der Waals surface area contributed by atoms with Gasteiger partial charge in [0.1, 0.15) is 29.3 Å². The maximum atomic E-state index is 14.1. The van der Waals surface area contributed by atoms with Gasteiger partial charge in [0.15, 0.2) is 0 Å². The second-order valence-corrected chi connectivity index (χ2v) is 18.2. The molecule has 8 rings (SSSR count). The van der Waals surface area contributed by atoms with Crippen molar-refractivity contribution >= 4 is 45.6 Å². The molecule has 0 spiro atoms. The zero-order valence-corrected chi connectivity index (χ0v) is 35.9. The Morgan fingerprint density at radius 3 is 2.15 bits per heavy atom. The van der Waals surface area contributed by atoms with Gasteiger partial charge in [-0.1, -0.05) is 64.1 Å². The third-order valence-electron chi connectivity index (χ3n) is 12.5. The molecule has 4 N–H and O–H groups in total. The number of rotatable bonds is 11. The van der Waals surface area contributed by atoms with Crippen LogP contribution < -0.4 is 10.6 Å². The molecule has 4 amide bonds. The number of nitrogens with one attached hydrogen (secondary N) is 4. The number of imidazole rings is 2. The Morgan fingerprint density at radius 2 is 1.48 bits per heavy atom. The zero-order valence-electron chi connectivity index (χ0n) is 35.1. The van der Waals surface area contributed by atoms with E-state index in [0.717, 1.165) is 86.8 Å². The molecular weight excluding hydrogens is 783 g/mol. The van der Waals surface area contributed by atoms with Gasteiger partial charge in [-0.2, -0.15) is 0 Å². The molecule has 60 heavy (non-hydrogen) atoms. The smallest absolute Gasteiger partial charge is 0.407 e. The van der Waals surface area contributed by atoms with Crippen LogP contribution in [0.4, 0.5) is 9.59 Å². The third-order valence-corrected chi connectivity index (χ3v) is 13.5. The molecule has 3 fully saturated rings. The number of aromatic amines is 2. The molecule has 5 aromatic rings. The number of amides is 4. The lowest BCUT2D eigenvalue weighted by Gasteiger charge is -2.40. The number of thiazole rings is 1. The number of H-pyrrole nitrogens is 2. The van der Waals surface area contributed by atoms with Gasteiger partial charge in [-0.3, -0.25) is 9.59 Å². The van der Waals surface area contributed by atoms with Gasteiger partial charge in [-0.05, 0) is 67.9 Å². The lowest BCUT2D eigenvalue weighted by atomic mass is 9.93. The fourth-order valence-corrected chi connectivity index (χ4v) is 10.4. The number of ether oxygens (including phenoxy) is 2. The monoisotopic (exact) mass is 835 g/mol. The van der Waals surface area contributed by atoms with Crippen molar-refractivity contribution in [3.8, 4) is 33.6 Å². The van der Waals surface area contributed by atoms with Gasteiger partial charge < -0.3 is 39.9 Å².